The predicted octanol–water partition coefficient (Wildman–Crippen LogP) is 4.17. The van der Waals surface area contributed by atoms with Gasteiger partial charge in [0.25, 0.3) is 5.91 Å². The highest BCUT2D eigenvalue weighted by Crippen LogP contribution is 2.20. The molecule has 1 N–H and O–H groups in total. The fraction of sp³-hybridized carbons (Fsp3) is 0.0769. The van der Waals surface area contributed by atoms with Crippen LogP contribution in [0, 0.1) is 6.92 Å². The molecule has 0 bridgehead atoms. The van der Waals surface area contributed by atoms with Crippen LogP contribution in [-0.4, -0.2) is 10.9 Å². The van der Waals surface area contributed by atoms with E-state index in [0.29, 0.717) is 5.56 Å². The molecule has 0 aliphatic rings. The zero-order chi connectivity index (χ0) is 13.1. The third kappa shape index (κ3) is 3.17. The Morgan fingerprint density at radius 1 is 1.22 bits per heavy atom. The number of amides is 1. The van der Waals surface area contributed by atoms with E-state index in [1.54, 1.807) is 12.3 Å². The summed E-state index contributed by atoms with van der Waals surface area (Å²) in [5.41, 5.74) is 2.35. The summed E-state index contributed by atoms with van der Waals surface area (Å²) in [6, 6.07) is 7.39. The van der Waals surface area contributed by atoms with Crippen molar-refractivity contribution in [3.8, 4) is 0 Å². The number of aryl methyl sites for hydroxylation is 1. The van der Waals surface area contributed by atoms with E-state index in [-0.39, 0.29) is 5.91 Å². The molecular formula is C13H10Br2N2O. The minimum Gasteiger partial charge on any atom is -0.322 e. The van der Waals surface area contributed by atoms with E-state index in [1.165, 1.54) is 6.20 Å². The molecule has 2 rings (SSSR count). The van der Waals surface area contributed by atoms with Gasteiger partial charge >= 0.3 is 0 Å². The lowest BCUT2D eigenvalue weighted by Crippen LogP contribution is -2.12. The van der Waals surface area contributed by atoms with Crippen molar-refractivity contribution >= 4 is 43.5 Å². The topological polar surface area (TPSA) is 42.0 Å². The number of hydrogen-bond donors (Lipinski definition) is 1. The first-order valence-electron chi connectivity index (χ1n) is 5.24. The third-order valence-electron chi connectivity index (χ3n) is 2.38. The van der Waals surface area contributed by atoms with Gasteiger partial charge in [-0.15, -0.1) is 0 Å². The highest BCUT2D eigenvalue weighted by Gasteiger charge is 2.07. The van der Waals surface area contributed by atoms with Crippen LogP contribution in [0.2, 0.25) is 0 Å². The van der Waals surface area contributed by atoms with Gasteiger partial charge < -0.3 is 5.32 Å². The number of pyridine rings is 1. The van der Waals surface area contributed by atoms with Gasteiger partial charge in [-0.25, -0.2) is 0 Å². The molecule has 3 nitrogen and oxygen atoms in total. The SMILES string of the molecule is Cc1cc(NC(=O)c2cncc(Br)c2)ccc1Br. The molecule has 0 unspecified atom stereocenters. The molecule has 0 saturated heterocycles. The number of nitrogens with one attached hydrogen (secondary N) is 1. The zero-order valence-electron chi connectivity index (χ0n) is 9.58. The Hall–Kier alpha value is -1.20. The average Bonchev–Trinajstić information content (AvgIpc) is 2.34. The van der Waals surface area contributed by atoms with Gasteiger partial charge in [-0.3, -0.25) is 9.78 Å². The van der Waals surface area contributed by atoms with Crippen molar-refractivity contribution in [1.82, 2.24) is 4.98 Å². The predicted molar refractivity (Wildman–Crippen MR) is 78.8 cm³/mol. The maximum atomic E-state index is 12.0. The van der Waals surface area contributed by atoms with Gasteiger partial charge in [0.05, 0.1) is 5.56 Å². The maximum absolute atomic E-state index is 12.0. The van der Waals surface area contributed by atoms with Gasteiger partial charge in [0.1, 0.15) is 0 Å². The smallest absolute Gasteiger partial charge is 0.257 e. The van der Waals surface area contributed by atoms with Gasteiger partial charge in [0, 0.05) is 27.0 Å². The third-order valence-corrected chi connectivity index (χ3v) is 3.71. The number of benzene rings is 1. The van der Waals surface area contributed by atoms with Crippen LogP contribution in [-0.2, 0) is 0 Å². The summed E-state index contributed by atoms with van der Waals surface area (Å²) in [5.74, 6) is -0.175. The van der Waals surface area contributed by atoms with E-state index in [2.05, 4.69) is 42.2 Å². The molecule has 1 heterocycles. The van der Waals surface area contributed by atoms with Crippen molar-refractivity contribution in [3.63, 3.8) is 0 Å². The number of hydrogen-bond acceptors (Lipinski definition) is 2. The van der Waals surface area contributed by atoms with E-state index in [9.17, 15) is 4.79 Å². The number of carbonyl (C=O) groups excluding carboxylic acids is 1. The Bertz CT molecular complexity index is 599. The normalized spacial score (nSPS) is 10.2. The molecule has 0 radical (unpaired) electrons. The lowest BCUT2D eigenvalue weighted by atomic mass is 10.2. The fourth-order valence-corrected chi connectivity index (χ4v) is 2.07. The number of anilines is 1. The molecular weight excluding hydrogens is 360 g/mol. The molecule has 92 valence electrons. The molecule has 5 heteroatoms. The fourth-order valence-electron chi connectivity index (χ4n) is 1.46. The lowest BCUT2D eigenvalue weighted by molar-refractivity contribution is 0.102. The Labute approximate surface area is 122 Å². The first-order chi connectivity index (χ1) is 8.56. The van der Waals surface area contributed by atoms with E-state index < -0.39 is 0 Å². The van der Waals surface area contributed by atoms with Crippen LogP contribution >= 0.6 is 31.9 Å². The minimum absolute atomic E-state index is 0.175. The van der Waals surface area contributed by atoms with Crippen molar-refractivity contribution < 1.29 is 4.79 Å². The summed E-state index contributed by atoms with van der Waals surface area (Å²) in [7, 11) is 0. The molecule has 1 aromatic heterocycles. The van der Waals surface area contributed by atoms with E-state index in [1.807, 2.05) is 25.1 Å². The largest absolute Gasteiger partial charge is 0.322 e. The van der Waals surface area contributed by atoms with Crippen LogP contribution in [0.15, 0.2) is 45.6 Å². The Morgan fingerprint density at radius 3 is 2.67 bits per heavy atom. The Kier molecular flexibility index (Phi) is 4.14. The van der Waals surface area contributed by atoms with E-state index in [0.717, 1.165) is 20.2 Å². The molecule has 0 fully saturated rings. The monoisotopic (exact) mass is 368 g/mol. The zero-order valence-corrected chi connectivity index (χ0v) is 12.7. The summed E-state index contributed by atoms with van der Waals surface area (Å²) in [5, 5.41) is 2.83. The van der Waals surface area contributed by atoms with Crippen molar-refractivity contribution in [3.05, 3.63) is 56.7 Å². The molecule has 2 aromatic rings. The maximum Gasteiger partial charge on any atom is 0.257 e. The molecule has 1 amide bonds. The summed E-state index contributed by atoms with van der Waals surface area (Å²) < 4.78 is 1.80. The standard InChI is InChI=1S/C13H10Br2N2O/c1-8-4-11(2-3-12(8)15)17-13(18)9-5-10(14)7-16-6-9/h2-7H,1H3,(H,17,18). The first-order valence-corrected chi connectivity index (χ1v) is 6.83. The second-order valence-electron chi connectivity index (χ2n) is 3.81. The Morgan fingerprint density at radius 2 is 2.00 bits per heavy atom. The van der Waals surface area contributed by atoms with Crippen LogP contribution in [0.1, 0.15) is 15.9 Å². The van der Waals surface area contributed by atoms with Gasteiger partial charge in [-0.2, -0.15) is 0 Å². The van der Waals surface area contributed by atoms with Crippen molar-refractivity contribution in [2.24, 2.45) is 0 Å². The molecule has 18 heavy (non-hydrogen) atoms. The highest BCUT2D eigenvalue weighted by molar-refractivity contribution is 9.10. The number of aromatic nitrogens is 1. The number of halogens is 2. The summed E-state index contributed by atoms with van der Waals surface area (Å²) in [4.78, 5) is 15.9. The van der Waals surface area contributed by atoms with Crippen LogP contribution in [0.3, 0.4) is 0 Å². The quantitative estimate of drug-likeness (QED) is 0.863. The van der Waals surface area contributed by atoms with Crippen molar-refractivity contribution in [2.45, 2.75) is 6.92 Å². The van der Waals surface area contributed by atoms with Crippen LogP contribution < -0.4 is 5.32 Å². The average molecular weight is 370 g/mol. The lowest BCUT2D eigenvalue weighted by Gasteiger charge is -2.07. The van der Waals surface area contributed by atoms with Gasteiger partial charge in [0.15, 0.2) is 0 Å². The minimum atomic E-state index is -0.175. The molecule has 0 spiro atoms. The summed E-state index contributed by atoms with van der Waals surface area (Å²) in [6.07, 6.45) is 3.17. The van der Waals surface area contributed by atoms with Crippen LogP contribution in [0.25, 0.3) is 0 Å². The van der Waals surface area contributed by atoms with Crippen LogP contribution in [0.5, 0.6) is 0 Å². The van der Waals surface area contributed by atoms with Crippen molar-refractivity contribution in [1.29, 1.82) is 0 Å². The molecule has 0 saturated carbocycles. The molecule has 0 aliphatic heterocycles. The van der Waals surface area contributed by atoms with Gasteiger partial charge in [-0.1, -0.05) is 15.9 Å². The summed E-state index contributed by atoms with van der Waals surface area (Å²) in [6.45, 7) is 1.97. The second-order valence-corrected chi connectivity index (χ2v) is 5.58. The summed E-state index contributed by atoms with van der Waals surface area (Å²) >= 11 is 6.71. The Balaban J connectivity index is 2.18. The number of rotatable bonds is 2. The molecule has 0 atom stereocenters. The van der Waals surface area contributed by atoms with Gasteiger partial charge in [-0.05, 0) is 52.7 Å². The number of nitrogens with zero attached hydrogens (tertiary/aromatic N) is 1. The van der Waals surface area contributed by atoms with Gasteiger partial charge in [0.2, 0.25) is 0 Å². The molecule has 0 aliphatic carbocycles. The number of carbonyl (C=O) groups is 1. The highest BCUT2D eigenvalue weighted by atomic mass is 79.9. The van der Waals surface area contributed by atoms with Crippen molar-refractivity contribution in [2.75, 3.05) is 5.32 Å². The first kappa shape index (κ1) is 13.2. The van der Waals surface area contributed by atoms with E-state index in [4.69, 9.17) is 0 Å². The van der Waals surface area contributed by atoms with E-state index >= 15 is 0 Å². The second kappa shape index (κ2) is 5.63. The van der Waals surface area contributed by atoms with Crippen LogP contribution in [0.4, 0.5) is 5.69 Å². The molecule has 1 aromatic carbocycles.